The van der Waals surface area contributed by atoms with Gasteiger partial charge in [-0.1, -0.05) is 105 Å². The van der Waals surface area contributed by atoms with Gasteiger partial charge in [-0.25, -0.2) is 0 Å². The molecule has 8 heteroatoms. The van der Waals surface area contributed by atoms with Gasteiger partial charge in [0.1, 0.15) is 0 Å². The molecule has 2 aromatic heterocycles. The topological polar surface area (TPSA) is 77.8 Å². The SMILES string of the molecule is CCCCCCCCCCCCC1(CCCCCCCCCCCC)c2cc3c(cc2-c2c1c[c]([Sn]([CH3])([CH3])[CH3])c1nonc21)C(CCCCCCCCCCCC)(CCCCCCCCCCCC)c1c[c]([Sn]([CH2]CCC)([CH2]CCC)[CH2]CCC)c2nonc2c1-3. The molecule has 0 spiro atoms. The van der Waals surface area contributed by atoms with Crippen LogP contribution in [0.3, 0.4) is 0 Å². The second kappa shape index (κ2) is 41.3. The van der Waals surface area contributed by atoms with Crippen molar-refractivity contribution in [3.05, 3.63) is 46.5 Å². The molecule has 0 bridgehead atoms. The zero-order valence-electron chi connectivity index (χ0n) is 61.4. The molecule has 512 valence electrons. The Balaban J connectivity index is 1.43. The summed E-state index contributed by atoms with van der Waals surface area (Å²) in [5.41, 5.74) is 16.2. The zero-order valence-corrected chi connectivity index (χ0v) is 67.1. The van der Waals surface area contributed by atoms with E-state index in [1.165, 1.54) is 360 Å². The van der Waals surface area contributed by atoms with E-state index < -0.39 is 36.8 Å². The van der Waals surface area contributed by atoms with Gasteiger partial charge in [-0.2, -0.15) is 0 Å². The summed E-state index contributed by atoms with van der Waals surface area (Å²) in [4.78, 5) is 7.78. The molecule has 0 N–H and O–H groups in total. The van der Waals surface area contributed by atoms with E-state index in [4.69, 9.17) is 29.9 Å². The third-order valence-corrected chi connectivity index (χ3v) is 44.3. The van der Waals surface area contributed by atoms with Crippen LogP contribution in [0, 0.1) is 0 Å². The van der Waals surface area contributed by atoms with Crippen molar-refractivity contribution >= 4 is 66.0 Å². The predicted octanol–water partition coefficient (Wildman–Crippen LogP) is 27.1. The molecule has 7 rings (SSSR count). The average molecular weight is 1460 g/mol. The maximum atomic E-state index is 6.27. The second-order valence-electron chi connectivity index (χ2n) is 31.3. The summed E-state index contributed by atoms with van der Waals surface area (Å²) in [5, 5.41) is 20.5. The van der Waals surface area contributed by atoms with Gasteiger partial charge in [0.2, 0.25) is 0 Å². The fourth-order valence-electron chi connectivity index (χ4n) is 17.6. The van der Waals surface area contributed by atoms with E-state index >= 15 is 0 Å². The van der Waals surface area contributed by atoms with Crippen LogP contribution in [-0.4, -0.2) is 57.4 Å². The number of hydrogen-bond donors (Lipinski definition) is 0. The van der Waals surface area contributed by atoms with Gasteiger partial charge in [-0.05, 0) is 0 Å². The summed E-state index contributed by atoms with van der Waals surface area (Å²) in [6.07, 6.45) is 66.9. The van der Waals surface area contributed by atoms with Crippen molar-refractivity contribution in [2.45, 2.75) is 408 Å². The molecule has 5 aromatic rings. The van der Waals surface area contributed by atoms with E-state index in [1.54, 1.807) is 25.8 Å². The zero-order chi connectivity index (χ0) is 64.6. The Morgan fingerprint density at radius 3 is 0.791 bits per heavy atom. The van der Waals surface area contributed by atoms with Crippen molar-refractivity contribution in [2.75, 3.05) is 0 Å². The molecule has 0 aliphatic heterocycles. The van der Waals surface area contributed by atoms with Gasteiger partial charge in [-0.3, -0.25) is 0 Å². The molecular formula is C83H140N4O2Sn2. The molecule has 91 heavy (non-hydrogen) atoms. The molecule has 0 saturated heterocycles. The number of unbranched alkanes of at least 4 members (excludes halogenated alkanes) is 39. The number of aromatic nitrogens is 4. The maximum absolute atomic E-state index is 6.27. The van der Waals surface area contributed by atoms with Crippen molar-refractivity contribution < 1.29 is 9.26 Å². The van der Waals surface area contributed by atoms with Crippen LogP contribution in [0.15, 0.2) is 33.5 Å². The number of rotatable bonds is 55. The first-order valence-corrected chi connectivity index (χ1v) is 57.8. The Morgan fingerprint density at radius 2 is 0.516 bits per heavy atom. The van der Waals surface area contributed by atoms with E-state index in [9.17, 15) is 0 Å². The standard InChI is InChI=1S/C68H104N4O2.3C4H9.3CH3.2Sn/c1-5-9-13-17-21-25-29-33-37-41-49-67(50-42-38-34-30-26-22-18-14-10-6-2)57-45-47-61-65(71-73-69-61)63(57)55-54-60-56(53-59(55)67)64-58(46-48-62-66(64)72-74-70-62)68(60,51-43-39-35-31-27-23-19-15-11-7-3)52-44-40-36-32-28-24-20-16-12-8-4;3*1-3-4-2;;;;;/h45-46,53-54H,5-44,49-52H2,1-4H3;3*1,3-4H2,2H3;3*1H3;;. The van der Waals surface area contributed by atoms with E-state index in [0.717, 1.165) is 22.1 Å². The van der Waals surface area contributed by atoms with Crippen LogP contribution in [-0.2, 0) is 10.8 Å². The van der Waals surface area contributed by atoms with Crippen molar-refractivity contribution in [3.8, 4) is 22.3 Å². The van der Waals surface area contributed by atoms with Gasteiger partial charge < -0.3 is 0 Å². The van der Waals surface area contributed by atoms with Crippen molar-refractivity contribution in [1.82, 2.24) is 20.6 Å². The van der Waals surface area contributed by atoms with Gasteiger partial charge in [0.25, 0.3) is 0 Å². The monoisotopic (exact) mass is 1460 g/mol. The van der Waals surface area contributed by atoms with Crippen molar-refractivity contribution in [2.24, 2.45) is 0 Å². The first-order valence-electron chi connectivity index (χ1n) is 40.4. The van der Waals surface area contributed by atoms with Gasteiger partial charge in [-0.15, -0.1) is 0 Å². The summed E-state index contributed by atoms with van der Waals surface area (Å²) in [6.45, 7) is 16.7. The molecule has 2 aliphatic carbocycles. The van der Waals surface area contributed by atoms with Crippen LogP contribution in [0.5, 0.6) is 0 Å². The van der Waals surface area contributed by atoms with E-state index in [-0.39, 0.29) is 10.8 Å². The van der Waals surface area contributed by atoms with E-state index in [2.05, 4.69) is 87.6 Å². The summed E-state index contributed by atoms with van der Waals surface area (Å²) in [6, 6.07) is 11.4. The fraction of sp³-hybridized carbons (Fsp3) is 0.783. The van der Waals surface area contributed by atoms with Crippen LogP contribution in [0.4, 0.5) is 0 Å². The van der Waals surface area contributed by atoms with Crippen LogP contribution >= 0.6 is 0 Å². The molecule has 0 amide bonds. The summed E-state index contributed by atoms with van der Waals surface area (Å²) >= 11 is -6.00. The molecule has 0 unspecified atom stereocenters. The number of fused-ring (bicyclic) bond motifs is 10. The van der Waals surface area contributed by atoms with E-state index in [0.29, 0.717) is 0 Å². The number of nitrogens with zero attached hydrogens (tertiary/aromatic N) is 4. The fourth-order valence-corrected chi connectivity index (χ4v) is 38.2. The third-order valence-electron chi connectivity index (χ3n) is 23.1. The third kappa shape index (κ3) is 20.8. The predicted molar refractivity (Wildman–Crippen MR) is 403 cm³/mol. The minimum absolute atomic E-state index is 0.120. The Morgan fingerprint density at radius 1 is 0.275 bits per heavy atom. The summed E-state index contributed by atoms with van der Waals surface area (Å²) < 4.78 is 19.7. The van der Waals surface area contributed by atoms with Crippen LogP contribution in [0.2, 0.25) is 28.1 Å². The quantitative estimate of drug-likeness (QED) is 0.0285. The molecule has 0 fully saturated rings. The molecule has 0 saturated carbocycles. The summed E-state index contributed by atoms with van der Waals surface area (Å²) in [7, 11) is 0. The van der Waals surface area contributed by atoms with Gasteiger partial charge in [0.05, 0.1) is 0 Å². The average Bonchev–Trinajstić information content (AvgIpc) is 1.52. The number of benzene rings is 3. The molecule has 6 nitrogen and oxygen atoms in total. The second-order valence-corrected chi connectivity index (χ2v) is 58.8. The molecule has 2 aliphatic rings. The molecule has 0 radical (unpaired) electrons. The van der Waals surface area contributed by atoms with Crippen LogP contribution in [0.1, 0.15) is 392 Å². The van der Waals surface area contributed by atoms with Gasteiger partial charge in [0.15, 0.2) is 0 Å². The first kappa shape index (κ1) is 76.4. The number of hydrogen-bond acceptors (Lipinski definition) is 6. The Kier molecular flexibility index (Phi) is 34.7. The van der Waals surface area contributed by atoms with Crippen molar-refractivity contribution in [3.63, 3.8) is 0 Å². The first-order chi connectivity index (χ1) is 44.6. The Bertz CT molecular complexity index is 2730. The minimum atomic E-state index is -3.17. The van der Waals surface area contributed by atoms with Gasteiger partial charge in [0, 0.05) is 0 Å². The van der Waals surface area contributed by atoms with Crippen LogP contribution in [0.25, 0.3) is 44.3 Å². The molecule has 2 heterocycles. The molecular weight excluding hydrogens is 1320 g/mol. The molecule has 3 aromatic carbocycles. The Hall–Kier alpha value is -1.94. The molecule has 0 atom stereocenters. The summed E-state index contributed by atoms with van der Waals surface area (Å²) in [5.74, 6) is 0. The van der Waals surface area contributed by atoms with Crippen LogP contribution < -0.4 is 7.16 Å². The Labute approximate surface area is 568 Å². The van der Waals surface area contributed by atoms with Crippen molar-refractivity contribution in [1.29, 1.82) is 0 Å². The van der Waals surface area contributed by atoms with E-state index in [1.807, 2.05) is 0 Å². The van der Waals surface area contributed by atoms with Gasteiger partial charge >= 0.3 is 468 Å². The normalized spacial score (nSPS) is 14.1.